The van der Waals surface area contributed by atoms with Crippen LogP contribution in [-0.4, -0.2) is 27.5 Å². The first kappa shape index (κ1) is 31.1. The van der Waals surface area contributed by atoms with Crippen LogP contribution in [0.2, 0.25) is 18.1 Å². The van der Waals surface area contributed by atoms with Crippen molar-refractivity contribution < 1.29 is 4.74 Å². The first-order chi connectivity index (χ1) is 16.8. The van der Waals surface area contributed by atoms with Crippen molar-refractivity contribution in [3.63, 3.8) is 0 Å². The first-order valence-electron chi connectivity index (χ1n) is 13.6. The third kappa shape index (κ3) is 8.90. The summed E-state index contributed by atoms with van der Waals surface area (Å²) in [4.78, 5) is 38.7. The average molecular weight is 508 g/mol. The number of ether oxygens (including phenoxy) is 1. The second-order valence-electron chi connectivity index (χ2n) is 9.75. The van der Waals surface area contributed by atoms with E-state index in [1.54, 1.807) is 0 Å². The Kier molecular flexibility index (Phi) is 14.8. The number of hydrogen-bond donors (Lipinski definition) is 0. The van der Waals surface area contributed by atoms with Gasteiger partial charge in [0.1, 0.15) is 6.73 Å². The van der Waals surface area contributed by atoms with Crippen molar-refractivity contribution >= 4 is 8.07 Å². The molecule has 7 nitrogen and oxygen atoms in total. The molecule has 1 unspecified atom stereocenters. The van der Waals surface area contributed by atoms with E-state index in [1.165, 1.54) is 88.1 Å². The molecule has 1 rings (SSSR count). The van der Waals surface area contributed by atoms with Gasteiger partial charge in [-0.05, 0) is 6.92 Å². The molecular formula is C27H49N3O4Si. The van der Waals surface area contributed by atoms with Crippen LogP contribution < -0.4 is 17.1 Å². The fourth-order valence-corrected chi connectivity index (χ4v) is 10.2. The Morgan fingerprint density at radius 3 is 1.43 bits per heavy atom. The van der Waals surface area contributed by atoms with Crippen molar-refractivity contribution in [2.24, 2.45) is 0 Å². The van der Waals surface area contributed by atoms with Crippen LogP contribution in [0.5, 0.6) is 0 Å². The van der Waals surface area contributed by atoms with Gasteiger partial charge in [0.25, 0.3) is 0 Å². The molecule has 0 spiro atoms. The molecule has 1 heterocycles. The van der Waals surface area contributed by atoms with Gasteiger partial charge in [-0.25, -0.2) is 28.1 Å². The minimum atomic E-state index is -1.82. The highest BCUT2D eigenvalue weighted by Gasteiger charge is 2.38. The van der Waals surface area contributed by atoms with Crippen molar-refractivity contribution in [2.45, 2.75) is 129 Å². The molecule has 1 aromatic heterocycles. The van der Waals surface area contributed by atoms with E-state index in [9.17, 15) is 14.4 Å². The summed E-state index contributed by atoms with van der Waals surface area (Å²) in [6.45, 7) is 16.1. The highest BCUT2D eigenvalue weighted by Crippen LogP contribution is 2.33. The second kappa shape index (κ2) is 16.7. The zero-order chi connectivity index (χ0) is 26.3. The fraction of sp³-hybridized carbons (Fsp3) is 0.741. The summed E-state index contributed by atoms with van der Waals surface area (Å²) in [5.41, 5.74) is -1.93. The SMILES string of the molecule is C=CCn1c(=O)n(CC=C)c(=O)n(COC(C)[Si](CCCCC)(CCCCC)CCCCC)c1=O. The maximum atomic E-state index is 13.0. The van der Waals surface area contributed by atoms with E-state index in [1.807, 2.05) is 0 Å². The van der Waals surface area contributed by atoms with E-state index in [0.29, 0.717) is 0 Å². The van der Waals surface area contributed by atoms with Gasteiger partial charge in [0.15, 0.2) is 0 Å². The van der Waals surface area contributed by atoms with E-state index in [-0.39, 0.29) is 25.5 Å². The molecule has 0 radical (unpaired) electrons. The number of nitrogens with zero attached hydrogens (tertiary/aromatic N) is 3. The molecule has 0 aliphatic carbocycles. The molecule has 0 aliphatic rings. The number of rotatable bonds is 20. The molecule has 0 saturated heterocycles. The average Bonchev–Trinajstić information content (AvgIpc) is 2.84. The van der Waals surface area contributed by atoms with Gasteiger partial charge < -0.3 is 4.74 Å². The Morgan fingerprint density at radius 1 is 0.714 bits per heavy atom. The molecule has 0 amide bonds. The minimum Gasteiger partial charge on any atom is -0.361 e. The molecule has 0 saturated carbocycles. The normalized spacial score (nSPS) is 12.6. The Morgan fingerprint density at radius 2 is 1.09 bits per heavy atom. The van der Waals surface area contributed by atoms with Crippen LogP contribution in [0.4, 0.5) is 0 Å². The van der Waals surface area contributed by atoms with Gasteiger partial charge in [-0.3, -0.25) is 0 Å². The molecule has 0 aromatic carbocycles. The quantitative estimate of drug-likeness (QED) is 0.133. The van der Waals surface area contributed by atoms with Crippen LogP contribution in [0.25, 0.3) is 0 Å². The number of unbranched alkanes of at least 4 members (excludes halogenated alkanes) is 6. The fourth-order valence-electron chi connectivity index (χ4n) is 4.89. The van der Waals surface area contributed by atoms with Crippen molar-refractivity contribution in [1.82, 2.24) is 13.7 Å². The summed E-state index contributed by atoms with van der Waals surface area (Å²) in [7, 11) is -1.82. The smallest absolute Gasteiger partial charge is 0.338 e. The standard InChI is InChI=1S/C27H49N3O4Si/c1-7-12-15-20-35(21-16-13-8-2,22-17-14-9-3)24(6)34-23-30-26(32)28(18-10-4)25(31)29(19-11-5)27(30)33/h10-11,24H,4-5,7-9,12-23H2,1-3,6H3. The lowest BCUT2D eigenvalue weighted by Gasteiger charge is -2.38. The van der Waals surface area contributed by atoms with Crippen LogP contribution in [0.3, 0.4) is 0 Å². The Bertz CT molecular complexity index is 872. The van der Waals surface area contributed by atoms with Crippen molar-refractivity contribution in [3.8, 4) is 0 Å². The highest BCUT2D eigenvalue weighted by atomic mass is 28.3. The van der Waals surface area contributed by atoms with E-state index in [2.05, 4.69) is 40.9 Å². The van der Waals surface area contributed by atoms with E-state index in [4.69, 9.17) is 4.74 Å². The Hall–Kier alpha value is -1.93. The number of allylic oxidation sites excluding steroid dienone is 2. The van der Waals surface area contributed by atoms with Gasteiger partial charge in [0.2, 0.25) is 0 Å². The largest absolute Gasteiger partial charge is 0.361 e. The Labute approximate surface area is 212 Å². The maximum Gasteiger partial charge on any atom is 0.338 e. The maximum absolute atomic E-state index is 13.0. The molecule has 1 atom stereocenters. The molecular weight excluding hydrogens is 458 g/mol. The van der Waals surface area contributed by atoms with Crippen LogP contribution >= 0.6 is 0 Å². The van der Waals surface area contributed by atoms with Crippen LogP contribution in [0, 0.1) is 0 Å². The summed E-state index contributed by atoms with van der Waals surface area (Å²) >= 11 is 0. The highest BCUT2D eigenvalue weighted by molar-refractivity contribution is 6.81. The monoisotopic (exact) mass is 507 g/mol. The predicted molar refractivity (Wildman–Crippen MR) is 149 cm³/mol. The van der Waals surface area contributed by atoms with Gasteiger partial charge in [0.05, 0.1) is 21.2 Å². The minimum absolute atomic E-state index is 0.0204. The molecule has 0 fully saturated rings. The van der Waals surface area contributed by atoms with Crippen LogP contribution in [0.15, 0.2) is 39.7 Å². The summed E-state index contributed by atoms with van der Waals surface area (Å²) < 4.78 is 9.50. The van der Waals surface area contributed by atoms with Crippen LogP contribution in [-0.2, 0) is 24.6 Å². The van der Waals surface area contributed by atoms with Gasteiger partial charge in [0, 0.05) is 5.73 Å². The molecule has 200 valence electrons. The van der Waals surface area contributed by atoms with E-state index in [0.717, 1.165) is 13.7 Å². The summed E-state index contributed by atoms with van der Waals surface area (Å²) in [6.07, 6.45) is 13.8. The molecule has 8 heteroatoms. The Balaban J connectivity index is 3.33. The second-order valence-corrected chi connectivity index (χ2v) is 14.8. The predicted octanol–water partition coefficient (Wildman–Crippen LogP) is 5.46. The molecule has 0 aliphatic heterocycles. The van der Waals surface area contributed by atoms with Crippen molar-refractivity contribution in [1.29, 1.82) is 0 Å². The van der Waals surface area contributed by atoms with Crippen molar-refractivity contribution in [2.75, 3.05) is 0 Å². The molecule has 0 N–H and O–H groups in total. The zero-order valence-corrected chi connectivity index (χ0v) is 23.7. The number of aromatic nitrogens is 3. The lowest BCUT2D eigenvalue weighted by atomic mass is 10.3. The van der Waals surface area contributed by atoms with Gasteiger partial charge >= 0.3 is 17.1 Å². The molecule has 1 aromatic rings. The zero-order valence-electron chi connectivity index (χ0n) is 22.7. The first-order valence-corrected chi connectivity index (χ1v) is 16.3. The molecule has 35 heavy (non-hydrogen) atoms. The van der Waals surface area contributed by atoms with Crippen LogP contribution in [0.1, 0.15) is 85.5 Å². The summed E-state index contributed by atoms with van der Waals surface area (Å²) in [6, 6.07) is 3.67. The van der Waals surface area contributed by atoms with Crippen molar-refractivity contribution in [3.05, 3.63) is 56.8 Å². The third-order valence-corrected chi connectivity index (χ3v) is 13.1. The summed E-state index contributed by atoms with van der Waals surface area (Å²) in [5, 5.41) is 0. The van der Waals surface area contributed by atoms with Gasteiger partial charge in [-0.1, -0.05) is 109 Å². The van der Waals surface area contributed by atoms with Gasteiger partial charge in [-0.2, -0.15) is 0 Å². The summed E-state index contributed by atoms with van der Waals surface area (Å²) in [5.74, 6) is 0. The topological polar surface area (TPSA) is 75.2 Å². The van der Waals surface area contributed by atoms with E-state index < -0.39 is 25.1 Å². The third-order valence-electron chi connectivity index (χ3n) is 7.16. The number of hydrogen-bond acceptors (Lipinski definition) is 4. The molecule has 0 bridgehead atoms. The van der Waals surface area contributed by atoms with Gasteiger partial charge in [-0.15, -0.1) is 13.2 Å². The van der Waals surface area contributed by atoms with E-state index >= 15 is 0 Å². The lowest BCUT2D eigenvalue weighted by Crippen LogP contribution is -2.55. The lowest BCUT2D eigenvalue weighted by molar-refractivity contribution is 0.0465.